The maximum atomic E-state index is 15.2. The van der Waals surface area contributed by atoms with Gasteiger partial charge < -0.3 is 24.6 Å². The molecule has 7 nitrogen and oxygen atoms in total. The highest BCUT2D eigenvalue weighted by atomic mass is 19.1. The zero-order valence-electron chi connectivity index (χ0n) is 16.0. The zero-order valence-corrected chi connectivity index (χ0v) is 16.0. The number of methoxy groups -OCH3 is 1. The minimum absolute atomic E-state index is 0.0482. The molecular weight excluding hydrogens is 365 g/mol. The molecule has 8 heteroatoms. The predicted octanol–water partition coefficient (Wildman–Crippen LogP) is 2.37. The predicted molar refractivity (Wildman–Crippen MR) is 104 cm³/mol. The van der Waals surface area contributed by atoms with E-state index in [1.54, 1.807) is 4.57 Å². The van der Waals surface area contributed by atoms with Gasteiger partial charge in [-0.05, 0) is 38.8 Å². The Morgan fingerprint density at radius 3 is 2.71 bits per heavy atom. The number of piperidine rings is 1. The van der Waals surface area contributed by atoms with Crippen LogP contribution >= 0.6 is 0 Å². The minimum atomic E-state index is -1.31. The number of ether oxygens (including phenoxy) is 1. The van der Waals surface area contributed by atoms with Crippen LogP contribution in [0, 0.1) is 5.82 Å². The Bertz CT molecular complexity index is 999. The Balaban J connectivity index is 1.99. The zero-order chi connectivity index (χ0) is 20.0. The van der Waals surface area contributed by atoms with Gasteiger partial charge in [-0.3, -0.25) is 4.79 Å². The van der Waals surface area contributed by atoms with Crippen LogP contribution in [0.1, 0.15) is 42.1 Å². The van der Waals surface area contributed by atoms with Crippen LogP contribution in [0.15, 0.2) is 17.1 Å². The number of carbonyl (C=O) groups is 1. The molecule has 1 aliphatic heterocycles. The summed E-state index contributed by atoms with van der Waals surface area (Å²) in [5.41, 5.74) is -0.216. The molecule has 4 rings (SSSR count). The van der Waals surface area contributed by atoms with Crippen molar-refractivity contribution in [2.24, 2.45) is 0 Å². The van der Waals surface area contributed by atoms with Gasteiger partial charge in [0.15, 0.2) is 11.6 Å². The molecule has 2 N–H and O–H groups in total. The summed E-state index contributed by atoms with van der Waals surface area (Å²) in [4.78, 5) is 26.2. The highest BCUT2D eigenvalue weighted by Gasteiger charge is 2.32. The molecule has 1 aromatic carbocycles. The van der Waals surface area contributed by atoms with Gasteiger partial charge in [0.05, 0.1) is 18.0 Å². The number of likely N-dealkylation sites (N-methyl/N-ethyl adjacent to an activating group) is 1. The standard InChI is InChI=1S/C20H24FN3O4/c1-22-11-4-3-7-23(9-11)17-15(21)8-13-16(19(17)28-2)24(12-5-6-12)10-14(18(13)25)20(26)27/h8,10-12,22H,3-7,9H2,1-2H3,(H,26,27)/t11-/m1/s1. The fourth-order valence-corrected chi connectivity index (χ4v) is 4.14. The maximum absolute atomic E-state index is 15.2. The molecule has 0 spiro atoms. The Hall–Kier alpha value is -2.61. The minimum Gasteiger partial charge on any atom is -0.492 e. The van der Waals surface area contributed by atoms with E-state index < -0.39 is 17.2 Å². The Morgan fingerprint density at radius 1 is 1.36 bits per heavy atom. The Morgan fingerprint density at radius 2 is 2.11 bits per heavy atom. The van der Waals surface area contributed by atoms with Crippen LogP contribution in [0.4, 0.5) is 10.1 Å². The van der Waals surface area contributed by atoms with E-state index in [4.69, 9.17) is 4.74 Å². The number of hydrogen-bond acceptors (Lipinski definition) is 5. The normalized spacial score (nSPS) is 19.8. The number of nitrogens with zero attached hydrogens (tertiary/aromatic N) is 2. The molecule has 0 bridgehead atoms. The third kappa shape index (κ3) is 3.01. The van der Waals surface area contributed by atoms with Crippen molar-refractivity contribution in [2.45, 2.75) is 37.8 Å². The van der Waals surface area contributed by atoms with Crippen LogP contribution in [0.2, 0.25) is 0 Å². The average Bonchev–Trinajstić information content (AvgIpc) is 3.52. The number of hydrogen-bond donors (Lipinski definition) is 2. The Labute approximate surface area is 161 Å². The van der Waals surface area contributed by atoms with E-state index in [0.717, 1.165) is 25.7 Å². The SMILES string of the molecule is CN[C@@H]1CCCN(c2c(F)cc3c(=O)c(C(=O)O)cn(C4CC4)c3c2OC)C1. The van der Waals surface area contributed by atoms with Gasteiger partial charge in [-0.1, -0.05) is 0 Å². The lowest BCUT2D eigenvalue weighted by molar-refractivity contribution is 0.0695. The fraction of sp³-hybridized carbons (Fsp3) is 0.500. The maximum Gasteiger partial charge on any atom is 0.341 e. The molecule has 1 aromatic heterocycles. The monoisotopic (exact) mass is 389 g/mol. The number of carboxylic acid groups (broad SMARTS) is 1. The van der Waals surface area contributed by atoms with Crippen LogP contribution in [0.5, 0.6) is 5.75 Å². The molecule has 0 unspecified atom stereocenters. The molecule has 2 heterocycles. The van der Waals surface area contributed by atoms with E-state index in [2.05, 4.69) is 5.32 Å². The summed E-state index contributed by atoms with van der Waals surface area (Å²) in [5.74, 6) is -1.58. The molecule has 2 aliphatic rings. The summed E-state index contributed by atoms with van der Waals surface area (Å²) in [5, 5.41) is 12.7. The average molecular weight is 389 g/mol. The lowest BCUT2D eigenvalue weighted by Gasteiger charge is -2.35. The molecule has 1 atom stereocenters. The summed E-state index contributed by atoms with van der Waals surface area (Å²) in [7, 11) is 3.35. The van der Waals surface area contributed by atoms with Crippen LogP contribution < -0.4 is 20.4 Å². The number of halogens is 1. The molecule has 150 valence electrons. The smallest absolute Gasteiger partial charge is 0.341 e. The van der Waals surface area contributed by atoms with Gasteiger partial charge in [0, 0.05) is 31.4 Å². The van der Waals surface area contributed by atoms with Crippen molar-refractivity contribution in [3.8, 4) is 5.75 Å². The van der Waals surface area contributed by atoms with Gasteiger partial charge in [-0.25, -0.2) is 9.18 Å². The number of rotatable bonds is 5. The third-order valence-electron chi connectivity index (χ3n) is 5.72. The summed E-state index contributed by atoms with van der Waals surface area (Å²) in [6.07, 6.45) is 5.08. The highest BCUT2D eigenvalue weighted by Crippen LogP contribution is 2.44. The van der Waals surface area contributed by atoms with Crippen molar-refractivity contribution < 1.29 is 19.0 Å². The number of pyridine rings is 1. The summed E-state index contributed by atoms with van der Waals surface area (Å²) < 4.78 is 22.6. The molecule has 0 radical (unpaired) electrons. The van der Waals surface area contributed by atoms with Crippen molar-refractivity contribution in [2.75, 3.05) is 32.1 Å². The molecule has 1 saturated carbocycles. The van der Waals surface area contributed by atoms with Crippen molar-refractivity contribution in [3.63, 3.8) is 0 Å². The van der Waals surface area contributed by atoms with E-state index in [1.807, 2.05) is 11.9 Å². The second-order valence-corrected chi connectivity index (χ2v) is 7.53. The molecule has 2 aromatic rings. The van der Waals surface area contributed by atoms with Crippen molar-refractivity contribution in [1.82, 2.24) is 9.88 Å². The van der Waals surface area contributed by atoms with E-state index >= 15 is 4.39 Å². The number of aromatic nitrogens is 1. The van der Waals surface area contributed by atoms with Crippen molar-refractivity contribution in [1.29, 1.82) is 0 Å². The van der Waals surface area contributed by atoms with Crippen LogP contribution in [-0.4, -0.2) is 48.9 Å². The first-order chi connectivity index (χ1) is 13.5. The number of benzene rings is 1. The van der Waals surface area contributed by atoms with E-state index in [-0.39, 0.29) is 23.0 Å². The second kappa shape index (κ2) is 7.09. The van der Waals surface area contributed by atoms with Gasteiger partial charge in [-0.2, -0.15) is 0 Å². The molecule has 1 aliphatic carbocycles. The van der Waals surface area contributed by atoms with Gasteiger partial charge in [0.2, 0.25) is 5.43 Å². The van der Waals surface area contributed by atoms with Crippen molar-refractivity contribution in [3.05, 3.63) is 33.9 Å². The quantitative estimate of drug-likeness (QED) is 0.817. The largest absolute Gasteiger partial charge is 0.492 e. The second-order valence-electron chi connectivity index (χ2n) is 7.53. The number of fused-ring (bicyclic) bond motifs is 1. The first-order valence-corrected chi connectivity index (χ1v) is 9.57. The van der Waals surface area contributed by atoms with Crippen LogP contribution in [0.25, 0.3) is 10.9 Å². The van der Waals surface area contributed by atoms with E-state index in [9.17, 15) is 14.7 Å². The molecule has 2 fully saturated rings. The van der Waals surface area contributed by atoms with Crippen LogP contribution in [-0.2, 0) is 0 Å². The van der Waals surface area contributed by atoms with E-state index in [1.165, 1.54) is 19.4 Å². The lowest BCUT2D eigenvalue weighted by Crippen LogP contribution is -2.45. The summed E-state index contributed by atoms with van der Waals surface area (Å²) in [6.45, 7) is 1.33. The van der Waals surface area contributed by atoms with Gasteiger partial charge >= 0.3 is 5.97 Å². The fourth-order valence-electron chi connectivity index (χ4n) is 4.14. The number of aromatic carboxylic acids is 1. The molecule has 1 saturated heterocycles. The highest BCUT2D eigenvalue weighted by molar-refractivity contribution is 5.97. The van der Waals surface area contributed by atoms with Gasteiger partial charge in [-0.15, -0.1) is 0 Å². The molecule has 0 amide bonds. The lowest BCUT2D eigenvalue weighted by atomic mass is 10.0. The number of nitrogens with one attached hydrogen (secondary N) is 1. The number of carboxylic acids is 1. The summed E-state index contributed by atoms with van der Waals surface area (Å²) in [6, 6.07) is 1.51. The Kier molecular flexibility index (Phi) is 4.74. The first kappa shape index (κ1) is 18.7. The van der Waals surface area contributed by atoms with Crippen LogP contribution in [0.3, 0.4) is 0 Å². The van der Waals surface area contributed by atoms with Crippen molar-refractivity contribution >= 4 is 22.6 Å². The van der Waals surface area contributed by atoms with Gasteiger partial charge in [0.1, 0.15) is 11.3 Å². The third-order valence-corrected chi connectivity index (χ3v) is 5.72. The molecular formula is C20H24FN3O4. The first-order valence-electron chi connectivity index (χ1n) is 9.57. The topological polar surface area (TPSA) is 83.8 Å². The summed E-state index contributed by atoms with van der Waals surface area (Å²) >= 11 is 0. The van der Waals surface area contributed by atoms with Gasteiger partial charge in [0.25, 0.3) is 0 Å². The molecule has 28 heavy (non-hydrogen) atoms. The number of anilines is 1. The van der Waals surface area contributed by atoms with E-state index in [0.29, 0.717) is 30.0 Å².